The van der Waals surface area contributed by atoms with Crippen molar-refractivity contribution in [1.82, 2.24) is 4.67 Å². The monoisotopic (exact) mass is 537 g/mol. The van der Waals surface area contributed by atoms with Crippen LogP contribution >= 0.6 is 16.2 Å². The molecule has 4 aliphatic rings. The minimum absolute atomic E-state index is 0.157. The van der Waals surface area contributed by atoms with Crippen molar-refractivity contribution in [3.63, 3.8) is 0 Å². The Balaban J connectivity index is 1.56. The largest absolute Gasteiger partial charge is 0.345 e. The van der Waals surface area contributed by atoms with Gasteiger partial charge in [-0.1, -0.05) is 97.8 Å². The third-order valence-electron chi connectivity index (χ3n) is 9.67. The van der Waals surface area contributed by atoms with E-state index in [0.717, 1.165) is 22.6 Å². The van der Waals surface area contributed by atoms with Crippen LogP contribution in [-0.2, 0) is 9.32 Å². The number of carbonyl (C=O) groups is 1. The predicted octanol–water partition coefficient (Wildman–Crippen LogP) is 10.0. The van der Waals surface area contributed by atoms with Crippen LogP contribution in [0.25, 0.3) is 0 Å². The number of rotatable bonds is 8. The van der Waals surface area contributed by atoms with Gasteiger partial charge in [-0.3, -0.25) is 4.79 Å². The molecule has 0 aromatic heterocycles. The van der Waals surface area contributed by atoms with Gasteiger partial charge in [0, 0.05) is 34.6 Å². The zero-order valence-electron chi connectivity index (χ0n) is 24.2. The first kappa shape index (κ1) is 29.3. The van der Waals surface area contributed by atoms with Crippen LogP contribution in [0.1, 0.15) is 149 Å². The van der Waals surface area contributed by atoms with Gasteiger partial charge in [0.25, 0.3) is 5.91 Å². The van der Waals surface area contributed by atoms with E-state index in [0.29, 0.717) is 5.91 Å². The van der Waals surface area contributed by atoms with Crippen molar-refractivity contribution in [1.29, 1.82) is 0 Å². The average Bonchev–Trinajstić information content (AvgIpc) is 2.90. The third-order valence-corrected chi connectivity index (χ3v) is 16.0. The molecule has 1 amide bonds. The van der Waals surface area contributed by atoms with Crippen molar-refractivity contribution < 1.29 is 9.32 Å². The Morgan fingerprint density at radius 3 is 1.31 bits per heavy atom. The Morgan fingerprint density at radius 2 is 0.972 bits per heavy atom. The highest BCUT2D eigenvalue weighted by atomic mass is 31.1. The molecular weight excluding hydrogens is 480 g/mol. The quantitative estimate of drug-likeness (QED) is 0.288. The van der Waals surface area contributed by atoms with Gasteiger partial charge in [0.2, 0.25) is 0 Å². The van der Waals surface area contributed by atoms with Crippen LogP contribution in [0, 0.1) is 5.41 Å². The Morgan fingerprint density at radius 1 is 0.639 bits per heavy atom. The molecular formula is C31H57NO2P2. The van der Waals surface area contributed by atoms with E-state index in [4.69, 9.17) is 4.52 Å². The first-order valence-corrected chi connectivity index (χ1v) is 18.7. The molecule has 4 saturated carbocycles. The van der Waals surface area contributed by atoms with Crippen LogP contribution in [0.5, 0.6) is 0 Å². The summed E-state index contributed by atoms with van der Waals surface area (Å²) in [6.45, 7) is 6.80. The first-order valence-electron chi connectivity index (χ1n) is 15.9. The number of likely N-dealkylation sites (N-methyl/N-ethyl adjacent to an activating group) is 1. The van der Waals surface area contributed by atoms with E-state index < -0.39 is 16.2 Å². The topological polar surface area (TPSA) is 29.5 Å². The lowest BCUT2D eigenvalue weighted by Gasteiger charge is -2.46. The van der Waals surface area contributed by atoms with Crippen LogP contribution in [0.3, 0.4) is 0 Å². The predicted molar refractivity (Wildman–Crippen MR) is 158 cm³/mol. The number of hydrogen-bond acceptors (Lipinski definition) is 2. The number of hydrogen-bond donors (Lipinski definition) is 0. The molecule has 0 spiro atoms. The van der Waals surface area contributed by atoms with Gasteiger partial charge in [-0.15, -0.1) is 0 Å². The van der Waals surface area contributed by atoms with E-state index in [9.17, 15) is 4.79 Å². The van der Waals surface area contributed by atoms with Crippen LogP contribution in [-0.4, -0.2) is 46.4 Å². The van der Waals surface area contributed by atoms with Crippen molar-refractivity contribution in [3.05, 3.63) is 0 Å². The SMILES string of the molecule is CN(C(=O)[C@H](OP(C1CCCCC1)C1CCCCC1)C(C)(C)C)P(C1CCCCC1)C1CCCCC1. The smallest absolute Gasteiger partial charge is 0.255 e. The maximum atomic E-state index is 14.5. The summed E-state index contributed by atoms with van der Waals surface area (Å²) in [4.78, 5) is 14.5. The highest BCUT2D eigenvalue weighted by Gasteiger charge is 2.44. The van der Waals surface area contributed by atoms with Crippen LogP contribution < -0.4 is 0 Å². The zero-order chi connectivity index (χ0) is 25.5. The fourth-order valence-corrected chi connectivity index (χ4v) is 14.6. The summed E-state index contributed by atoms with van der Waals surface area (Å²) >= 11 is 0. The molecule has 36 heavy (non-hydrogen) atoms. The second-order valence-corrected chi connectivity index (χ2v) is 18.8. The van der Waals surface area contributed by atoms with Crippen molar-refractivity contribution in [2.24, 2.45) is 5.41 Å². The lowest BCUT2D eigenvalue weighted by molar-refractivity contribution is -0.137. The molecule has 0 unspecified atom stereocenters. The summed E-state index contributed by atoms with van der Waals surface area (Å²) in [6.07, 6.45) is 26.9. The minimum Gasteiger partial charge on any atom is -0.345 e. The Kier molecular flexibility index (Phi) is 11.4. The molecule has 0 radical (unpaired) electrons. The molecule has 3 nitrogen and oxygen atoms in total. The molecule has 5 heteroatoms. The van der Waals surface area contributed by atoms with E-state index in [-0.39, 0.29) is 11.5 Å². The molecule has 0 N–H and O–H groups in total. The van der Waals surface area contributed by atoms with E-state index in [1.165, 1.54) is 128 Å². The fraction of sp³-hybridized carbons (Fsp3) is 0.968. The summed E-state index contributed by atoms with van der Waals surface area (Å²) in [5, 5.41) is 0. The van der Waals surface area contributed by atoms with Gasteiger partial charge in [0.15, 0.2) is 0 Å². The fourth-order valence-electron chi connectivity index (χ4n) is 7.60. The molecule has 0 heterocycles. The molecule has 0 bridgehead atoms. The van der Waals surface area contributed by atoms with E-state index in [1.807, 2.05) is 0 Å². The van der Waals surface area contributed by atoms with Crippen molar-refractivity contribution in [2.75, 3.05) is 7.05 Å². The molecule has 0 aromatic rings. The lowest BCUT2D eigenvalue weighted by atomic mass is 9.89. The van der Waals surface area contributed by atoms with Gasteiger partial charge in [0.1, 0.15) is 6.10 Å². The molecule has 208 valence electrons. The van der Waals surface area contributed by atoms with Gasteiger partial charge in [-0.25, -0.2) is 0 Å². The normalized spacial score (nSPS) is 25.4. The van der Waals surface area contributed by atoms with E-state index >= 15 is 0 Å². The van der Waals surface area contributed by atoms with Crippen molar-refractivity contribution in [3.8, 4) is 0 Å². The summed E-state index contributed by atoms with van der Waals surface area (Å²) in [5.41, 5.74) is 2.79. The third kappa shape index (κ3) is 7.69. The molecule has 0 aliphatic heterocycles. The maximum Gasteiger partial charge on any atom is 0.255 e. The zero-order valence-corrected chi connectivity index (χ0v) is 26.0. The summed E-state index contributed by atoms with van der Waals surface area (Å²) in [7, 11) is 1.23. The summed E-state index contributed by atoms with van der Waals surface area (Å²) in [5.74, 6) is 0.337. The van der Waals surface area contributed by atoms with Gasteiger partial charge >= 0.3 is 0 Å². The Bertz CT molecular complexity index is 620. The van der Waals surface area contributed by atoms with Gasteiger partial charge in [-0.2, -0.15) is 0 Å². The minimum atomic E-state index is -0.546. The van der Waals surface area contributed by atoms with E-state index in [1.54, 1.807) is 0 Å². The second-order valence-electron chi connectivity index (χ2n) is 13.6. The van der Waals surface area contributed by atoms with Crippen LogP contribution in [0.2, 0.25) is 0 Å². The number of carbonyl (C=O) groups excluding carboxylic acids is 1. The maximum absolute atomic E-state index is 14.5. The number of amides is 1. The lowest BCUT2D eigenvalue weighted by Crippen LogP contribution is -2.46. The Hall–Kier alpha value is 0.290. The molecule has 4 fully saturated rings. The van der Waals surface area contributed by atoms with E-state index in [2.05, 4.69) is 32.5 Å². The highest BCUT2D eigenvalue weighted by Crippen LogP contribution is 2.61. The van der Waals surface area contributed by atoms with Crippen molar-refractivity contribution in [2.45, 2.75) is 178 Å². The van der Waals surface area contributed by atoms with Gasteiger partial charge in [0.05, 0.1) is 0 Å². The van der Waals surface area contributed by atoms with Crippen LogP contribution in [0.15, 0.2) is 0 Å². The highest BCUT2D eigenvalue weighted by molar-refractivity contribution is 7.57. The second kappa shape index (κ2) is 14.1. The summed E-state index contributed by atoms with van der Waals surface area (Å²) in [6, 6.07) is 0. The first-order chi connectivity index (χ1) is 17.4. The molecule has 4 rings (SSSR count). The molecule has 1 atom stereocenters. The standard InChI is InChI=1S/C31H57NO2P2/c1-31(2,3)29(34-36(27-21-13-7-14-22-27)28-23-15-8-16-24-28)30(33)32(4)35(25-17-9-5-10-18-25)26-19-11-6-12-20-26/h25-29H,5-24H2,1-4H3/t29-/m0/s1. The Labute approximate surface area is 226 Å². The van der Waals surface area contributed by atoms with Gasteiger partial charge in [-0.05, 0) is 68.1 Å². The average molecular weight is 538 g/mol. The van der Waals surface area contributed by atoms with Crippen molar-refractivity contribution >= 4 is 22.1 Å². The van der Waals surface area contributed by atoms with Gasteiger partial charge < -0.3 is 9.19 Å². The van der Waals surface area contributed by atoms with Crippen LogP contribution in [0.4, 0.5) is 0 Å². The summed E-state index contributed by atoms with van der Waals surface area (Å²) < 4.78 is 9.61. The molecule has 0 aromatic carbocycles. The molecule has 4 aliphatic carbocycles. The molecule has 0 saturated heterocycles. The number of nitrogens with zero attached hydrogens (tertiary/aromatic N) is 1.